The number of aliphatic hydroxyl groups is 1. The number of nitrogens with zero attached hydrogens (tertiary/aromatic N) is 1. The molecule has 1 amide bonds. The number of rotatable bonds is 7. The van der Waals surface area contributed by atoms with Gasteiger partial charge < -0.3 is 24.4 Å². The zero-order valence-corrected chi connectivity index (χ0v) is 23.4. The van der Waals surface area contributed by atoms with Crippen LogP contribution in [0.3, 0.4) is 0 Å². The van der Waals surface area contributed by atoms with Gasteiger partial charge in [-0.05, 0) is 61.9 Å². The predicted octanol–water partition coefficient (Wildman–Crippen LogP) is 5.91. The van der Waals surface area contributed by atoms with Crippen LogP contribution in [0.4, 0.5) is 5.69 Å². The summed E-state index contributed by atoms with van der Waals surface area (Å²) >= 11 is 12.7. The maximum Gasteiger partial charge on any atom is 0.338 e. The smallest absolute Gasteiger partial charge is 0.338 e. The Morgan fingerprint density at radius 2 is 1.55 bits per heavy atom. The Hall–Kier alpha value is -4.21. The first-order valence-electron chi connectivity index (χ1n) is 12.0. The minimum atomic E-state index is -1.13. The number of ketones is 1. The number of phenolic OH excluding ortho intramolecular Hbond substituents is 1. The minimum Gasteiger partial charge on any atom is -0.508 e. The molecule has 208 valence electrons. The number of esters is 1. The van der Waals surface area contributed by atoms with Gasteiger partial charge in [0, 0.05) is 5.69 Å². The summed E-state index contributed by atoms with van der Waals surface area (Å²) in [6.45, 7) is 3.45. The van der Waals surface area contributed by atoms with Gasteiger partial charge in [0.2, 0.25) is 0 Å². The summed E-state index contributed by atoms with van der Waals surface area (Å²) < 4.78 is 15.8. The van der Waals surface area contributed by atoms with Crippen molar-refractivity contribution < 1.29 is 38.8 Å². The number of aliphatic hydroxyl groups excluding tert-OH is 1. The Kier molecular flexibility index (Phi) is 8.27. The second-order valence-electron chi connectivity index (χ2n) is 9.05. The maximum atomic E-state index is 13.5. The lowest BCUT2D eigenvalue weighted by molar-refractivity contribution is -0.132. The Bertz CT molecular complexity index is 1510. The van der Waals surface area contributed by atoms with Crippen LogP contribution in [0.15, 0.2) is 60.2 Å². The van der Waals surface area contributed by atoms with Crippen LogP contribution in [0.25, 0.3) is 5.76 Å². The number of phenols is 1. The van der Waals surface area contributed by atoms with Crippen LogP contribution in [0.5, 0.6) is 17.2 Å². The summed E-state index contributed by atoms with van der Waals surface area (Å²) in [6, 6.07) is 11.9. The third kappa shape index (κ3) is 5.17. The van der Waals surface area contributed by atoms with Gasteiger partial charge >= 0.3 is 5.97 Å². The van der Waals surface area contributed by atoms with Crippen molar-refractivity contribution in [2.45, 2.75) is 26.0 Å². The van der Waals surface area contributed by atoms with E-state index in [4.69, 9.17) is 37.4 Å². The third-order valence-corrected chi connectivity index (χ3v) is 6.80. The maximum absolute atomic E-state index is 13.5. The van der Waals surface area contributed by atoms with E-state index < -0.39 is 29.5 Å². The van der Waals surface area contributed by atoms with E-state index in [0.29, 0.717) is 5.56 Å². The fraction of sp³-hybridized carbons (Fsp3) is 0.207. The molecule has 40 heavy (non-hydrogen) atoms. The van der Waals surface area contributed by atoms with Crippen molar-refractivity contribution in [3.8, 4) is 17.2 Å². The topological polar surface area (TPSA) is 123 Å². The number of benzene rings is 3. The quantitative estimate of drug-likeness (QED) is 0.152. The van der Waals surface area contributed by atoms with Crippen LogP contribution in [-0.2, 0) is 14.3 Å². The molecule has 1 unspecified atom stereocenters. The van der Waals surface area contributed by atoms with Gasteiger partial charge in [-0.2, -0.15) is 0 Å². The van der Waals surface area contributed by atoms with Gasteiger partial charge in [0.15, 0.2) is 11.5 Å². The van der Waals surface area contributed by atoms with Crippen LogP contribution in [0.2, 0.25) is 10.0 Å². The largest absolute Gasteiger partial charge is 0.508 e. The van der Waals surface area contributed by atoms with Crippen LogP contribution < -0.4 is 14.4 Å². The molecule has 1 atom stereocenters. The van der Waals surface area contributed by atoms with E-state index in [9.17, 15) is 24.6 Å². The molecule has 3 aromatic rings. The summed E-state index contributed by atoms with van der Waals surface area (Å²) in [5, 5.41) is 21.4. The molecule has 4 rings (SSSR count). The van der Waals surface area contributed by atoms with Crippen molar-refractivity contribution in [3.63, 3.8) is 0 Å². The molecule has 1 aliphatic rings. The number of aromatic hydroxyl groups is 1. The van der Waals surface area contributed by atoms with Crippen molar-refractivity contribution in [1.82, 2.24) is 0 Å². The summed E-state index contributed by atoms with van der Waals surface area (Å²) in [6.07, 6.45) is -0.323. The number of methoxy groups -OCH3 is 2. The number of carbonyl (C=O) groups is 3. The number of anilines is 1. The number of Topliss-reactive ketones (excluding diaryl/α,β-unsaturated/α-hetero) is 1. The lowest BCUT2D eigenvalue weighted by atomic mass is 9.94. The minimum absolute atomic E-state index is 0.0240. The van der Waals surface area contributed by atoms with E-state index in [0.717, 1.165) is 0 Å². The fourth-order valence-corrected chi connectivity index (χ4v) is 5.09. The SMILES string of the molecule is COc1c(Cl)cc(/C(O)=C2\C(=O)C(=O)N(c3ccc(C(=O)OC(C)C)cc3)C2c2ccc(O)cc2)c(OC)c1Cl. The molecule has 1 fully saturated rings. The van der Waals surface area contributed by atoms with Gasteiger partial charge in [0.25, 0.3) is 11.7 Å². The molecule has 1 heterocycles. The highest BCUT2D eigenvalue weighted by molar-refractivity contribution is 6.52. The first kappa shape index (κ1) is 28.8. The monoisotopic (exact) mass is 585 g/mol. The van der Waals surface area contributed by atoms with Gasteiger partial charge in [0.05, 0.1) is 48.1 Å². The molecule has 1 aliphatic heterocycles. The molecule has 9 nitrogen and oxygen atoms in total. The zero-order chi connectivity index (χ0) is 29.3. The first-order valence-corrected chi connectivity index (χ1v) is 12.8. The standard InChI is InChI=1S/C29H25Cl2NO8/c1-14(2)40-29(37)16-5-9-17(10-6-16)32-23(15-7-11-18(33)12-8-15)21(25(35)28(32)36)24(34)19-13-20(30)27(39-4)22(31)26(19)38-3/h5-14,23,33-34H,1-4H3/b24-21+. The highest BCUT2D eigenvalue weighted by Gasteiger charge is 2.47. The van der Waals surface area contributed by atoms with Gasteiger partial charge in [-0.1, -0.05) is 35.3 Å². The molecule has 11 heteroatoms. The first-order chi connectivity index (χ1) is 19.0. The molecule has 2 N–H and O–H groups in total. The van der Waals surface area contributed by atoms with E-state index >= 15 is 0 Å². The highest BCUT2D eigenvalue weighted by Crippen LogP contribution is 2.48. The predicted molar refractivity (Wildman–Crippen MR) is 149 cm³/mol. The van der Waals surface area contributed by atoms with Gasteiger partial charge in [0.1, 0.15) is 16.5 Å². The molecule has 0 aliphatic carbocycles. The van der Waals surface area contributed by atoms with E-state index in [1.807, 2.05) is 0 Å². The number of hydrogen-bond donors (Lipinski definition) is 2. The Labute approximate surface area is 240 Å². The Morgan fingerprint density at radius 1 is 0.950 bits per heavy atom. The number of carbonyl (C=O) groups excluding carboxylic acids is 3. The van der Waals surface area contributed by atoms with Crippen LogP contribution in [-0.4, -0.2) is 48.2 Å². The van der Waals surface area contributed by atoms with Gasteiger partial charge in [-0.15, -0.1) is 0 Å². The van der Waals surface area contributed by atoms with Crippen molar-refractivity contribution in [3.05, 3.63) is 86.9 Å². The Balaban J connectivity index is 1.92. The molecular weight excluding hydrogens is 561 g/mol. The molecule has 0 aromatic heterocycles. The second kappa shape index (κ2) is 11.5. The van der Waals surface area contributed by atoms with Crippen molar-refractivity contribution in [2.75, 3.05) is 19.1 Å². The number of amides is 1. The van der Waals surface area contributed by atoms with Crippen molar-refractivity contribution >= 4 is 52.3 Å². The molecule has 0 bridgehead atoms. The van der Waals surface area contributed by atoms with Crippen LogP contribution in [0, 0.1) is 0 Å². The van der Waals surface area contributed by atoms with Crippen LogP contribution >= 0.6 is 23.2 Å². The summed E-state index contributed by atoms with van der Waals surface area (Å²) in [7, 11) is 2.67. The molecule has 0 saturated carbocycles. The number of halogens is 2. The van der Waals surface area contributed by atoms with Crippen LogP contribution in [0.1, 0.15) is 41.4 Å². The Morgan fingerprint density at radius 3 is 2.10 bits per heavy atom. The number of hydrogen-bond acceptors (Lipinski definition) is 8. The normalized spacial score (nSPS) is 16.4. The van der Waals surface area contributed by atoms with E-state index in [1.165, 1.54) is 73.7 Å². The zero-order valence-electron chi connectivity index (χ0n) is 21.9. The molecule has 1 saturated heterocycles. The lowest BCUT2D eigenvalue weighted by Gasteiger charge is -2.26. The fourth-order valence-electron chi connectivity index (χ4n) is 4.40. The lowest BCUT2D eigenvalue weighted by Crippen LogP contribution is -2.29. The summed E-state index contributed by atoms with van der Waals surface area (Å²) in [4.78, 5) is 40.4. The average Bonchev–Trinajstić information content (AvgIpc) is 3.18. The van der Waals surface area contributed by atoms with Gasteiger partial charge in [-0.25, -0.2) is 4.79 Å². The molecular formula is C29H25Cl2NO8. The van der Waals surface area contributed by atoms with Crippen molar-refractivity contribution in [1.29, 1.82) is 0 Å². The van der Waals surface area contributed by atoms with E-state index in [1.54, 1.807) is 13.8 Å². The van der Waals surface area contributed by atoms with Gasteiger partial charge in [-0.3, -0.25) is 14.5 Å². The average molecular weight is 586 g/mol. The molecule has 3 aromatic carbocycles. The van der Waals surface area contributed by atoms with E-state index in [2.05, 4.69) is 0 Å². The molecule has 0 spiro atoms. The highest BCUT2D eigenvalue weighted by atomic mass is 35.5. The van der Waals surface area contributed by atoms with E-state index in [-0.39, 0.29) is 55.8 Å². The number of ether oxygens (including phenoxy) is 3. The third-order valence-electron chi connectivity index (χ3n) is 6.17. The summed E-state index contributed by atoms with van der Waals surface area (Å²) in [5.74, 6) is -3.00. The second-order valence-corrected chi connectivity index (χ2v) is 9.83. The summed E-state index contributed by atoms with van der Waals surface area (Å²) in [5.41, 5.74) is 0.633. The molecule has 0 radical (unpaired) electrons. The van der Waals surface area contributed by atoms with Crippen molar-refractivity contribution in [2.24, 2.45) is 0 Å².